The molecule has 4 rings (SSSR count). The summed E-state index contributed by atoms with van der Waals surface area (Å²) in [5.74, 6) is 1.70. The number of hydrogen-bond donors (Lipinski definition) is 0. The van der Waals surface area contributed by atoms with Crippen molar-refractivity contribution in [3.05, 3.63) is 0 Å². The first-order valence-electron chi connectivity index (χ1n) is 9.43. The summed E-state index contributed by atoms with van der Waals surface area (Å²) in [6.45, 7) is 6.09. The Bertz CT molecular complexity index is 354. The van der Waals surface area contributed by atoms with E-state index in [4.69, 9.17) is 14.2 Å². The van der Waals surface area contributed by atoms with Gasteiger partial charge in [0.05, 0.1) is 18.8 Å². The molecule has 0 radical (unpaired) electrons. The van der Waals surface area contributed by atoms with Gasteiger partial charge in [-0.3, -0.25) is 4.90 Å². The molecule has 3 saturated heterocycles. The normalized spacial score (nSPS) is 37.4. The average Bonchev–Trinajstić information content (AvgIpc) is 3.28. The molecule has 22 heavy (non-hydrogen) atoms. The maximum Gasteiger partial charge on any atom is 0.0813 e. The molecule has 4 aliphatic rings. The standard InChI is InChI=1S/C18H31NO3/c1-2-14(1)11-19-8-5-18-17(19)4-3-16(22-18)13-21-12-15-6-9-20-10-7-15/h14-18H,1-13H2/t16-,17-,18-/m0/s1. The van der Waals surface area contributed by atoms with Crippen molar-refractivity contribution >= 4 is 0 Å². The molecule has 4 nitrogen and oxygen atoms in total. The minimum absolute atomic E-state index is 0.335. The zero-order valence-corrected chi connectivity index (χ0v) is 13.8. The Morgan fingerprint density at radius 3 is 2.55 bits per heavy atom. The Morgan fingerprint density at radius 2 is 1.73 bits per heavy atom. The van der Waals surface area contributed by atoms with Crippen LogP contribution in [0.4, 0.5) is 0 Å². The third kappa shape index (κ3) is 3.84. The zero-order valence-electron chi connectivity index (χ0n) is 13.8. The van der Waals surface area contributed by atoms with E-state index in [1.165, 1.54) is 45.2 Å². The molecule has 126 valence electrons. The first-order chi connectivity index (χ1) is 10.9. The monoisotopic (exact) mass is 309 g/mol. The van der Waals surface area contributed by atoms with Gasteiger partial charge < -0.3 is 14.2 Å². The van der Waals surface area contributed by atoms with Gasteiger partial charge in [-0.2, -0.15) is 0 Å². The van der Waals surface area contributed by atoms with Gasteiger partial charge in [0.25, 0.3) is 0 Å². The minimum atomic E-state index is 0.335. The summed E-state index contributed by atoms with van der Waals surface area (Å²) in [4.78, 5) is 2.71. The first-order valence-corrected chi connectivity index (χ1v) is 9.43. The Balaban J connectivity index is 1.16. The highest BCUT2D eigenvalue weighted by molar-refractivity contribution is 4.94. The van der Waals surface area contributed by atoms with Crippen LogP contribution in [0.25, 0.3) is 0 Å². The smallest absolute Gasteiger partial charge is 0.0813 e. The summed E-state index contributed by atoms with van der Waals surface area (Å²) >= 11 is 0. The lowest BCUT2D eigenvalue weighted by molar-refractivity contribution is -0.105. The lowest BCUT2D eigenvalue weighted by Crippen LogP contribution is -2.44. The molecule has 0 N–H and O–H groups in total. The van der Waals surface area contributed by atoms with Crippen molar-refractivity contribution in [2.75, 3.05) is 39.5 Å². The summed E-state index contributed by atoms with van der Waals surface area (Å²) in [5.41, 5.74) is 0. The van der Waals surface area contributed by atoms with E-state index in [1.807, 2.05) is 0 Å². The molecule has 4 heteroatoms. The number of nitrogens with zero attached hydrogens (tertiary/aromatic N) is 1. The van der Waals surface area contributed by atoms with Crippen LogP contribution in [0.3, 0.4) is 0 Å². The highest BCUT2D eigenvalue weighted by Crippen LogP contribution is 2.36. The molecule has 3 atom stereocenters. The number of fused-ring (bicyclic) bond motifs is 1. The predicted octanol–water partition coefficient (Wildman–Crippen LogP) is 2.46. The van der Waals surface area contributed by atoms with Crippen molar-refractivity contribution < 1.29 is 14.2 Å². The molecule has 3 heterocycles. The summed E-state index contributed by atoms with van der Waals surface area (Å²) < 4.78 is 17.7. The van der Waals surface area contributed by atoms with Crippen LogP contribution >= 0.6 is 0 Å². The lowest BCUT2D eigenvalue weighted by Gasteiger charge is -2.36. The van der Waals surface area contributed by atoms with Gasteiger partial charge in [-0.25, -0.2) is 0 Å². The number of likely N-dealkylation sites (tertiary alicyclic amines) is 1. The van der Waals surface area contributed by atoms with Crippen molar-refractivity contribution in [2.45, 2.75) is 63.2 Å². The SMILES string of the molecule is C1CC(COC[C@@H]2CC[C@H]3[C@H](CCN3CC3CC3)O2)CCO1. The highest BCUT2D eigenvalue weighted by atomic mass is 16.5. The van der Waals surface area contributed by atoms with E-state index in [2.05, 4.69) is 4.90 Å². The van der Waals surface area contributed by atoms with Gasteiger partial charge in [0, 0.05) is 39.0 Å². The molecule has 0 aromatic heterocycles. The van der Waals surface area contributed by atoms with Gasteiger partial charge in [0.1, 0.15) is 0 Å². The second-order valence-corrected chi connectivity index (χ2v) is 7.76. The fraction of sp³-hybridized carbons (Fsp3) is 1.00. The molecule has 4 fully saturated rings. The van der Waals surface area contributed by atoms with Gasteiger partial charge >= 0.3 is 0 Å². The molecular weight excluding hydrogens is 278 g/mol. The van der Waals surface area contributed by atoms with Crippen LogP contribution in [0.1, 0.15) is 44.9 Å². The van der Waals surface area contributed by atoms with Crippen LogP contribution in [0, 0.1) is 11.8 Å². The molecule has 0 spiro atoms. The van der Waals surface area contributed by atoms with Crippen LogP contribution in [-0.2, 0) is 14.2 Å². The van der Waals surface area contributed by atoms with Crippen molar-refractivity contribution in [3.63, 3.8) is 0 Å². The van der Waals surface area contributed by atoms with Crippen LogP contribution in [0.2, 0.25) is 0 Å². The van der Waals surface area contributed by atoms with Crippen molar-refractivity contribution in [1.82, 2.24) is 4.90 Å². The predicted molar refractivity (Wildman–Crippen MR) is 85.0 cm³/mol. The number of ether oxygens (including phenoxy) is 3. The molecule has 0 unspecified atom stereocenters. The molecule has 1 aliphatic carbocycles. The third-order valence-corrected chi connectivity index (χ3v) is 5.94. The van der Waals surface area contributed by atoms with E-state index in [9.17, 15) is 0 Å². The quantitative estimate of drug-likeness (QED) is 0.754. The topological polar surface area (TPSA) is 30.9 Å². The molecule has 0 bridgehead atoms. The van der Waals surface area contributed by atoms with Crippen LogP contribution in [-0.4, -0.2) is 62.7 Å². The van der Waals surface area contributed by atoms with E-state index in [1.54, 1.807) is 0 Å². The molecule has 3 aliphatic heterocycles. The van der Waals surface area contributed by atoms with Crippen LogP contribution in [0.5, 0.6) is 0 Å². The summed E-state index contributed by atoms with van der Waals surface area (Å²) in [6, 6.07) is 0.701. The maximum atomic E-state index is 6.34. The van der Waals surface area contributed by atoms with E-state index < -0.39 is 0 Å². The maximum absolute atomic E-state index is 6.34. The van der Waals surface area contributed by atoms with Crippen molar-refractivity contribution in [3.8, 4) is 0 Å². The fourth-order valence-corrected chi connectivity index (χ4v) is 4.35. The lowest BCUT2D eigenvalue weighted by atomic mass is 9.99. The van der Waals surface area contributed by atoms with Gasteiger partial charge in [-0.05, 0) is 56.8 Å². The molecule has 0 amide bonds. The van der Waals surface area contributed by atoms with Crippen molar-refractivity contribution in [2.24, 2.45) is 11.8 Å². The van der Waals surface area contributed by atoms with Gasteiger partial charge in [-0.15, -0.1) is 0 Å². The summed E-state index contributed by atoms with van der Waals surface area (Å²) in [5, 5.41) is 0. The first kappa shape index (κ1) is 15.4. The Kier molecular flexibility index (Phi) is 5.01. The average molecular weight is 309 g/mol. The largest absolute Gasteiger partial charge is 0.381 e. The Hall–Kier alpha value is -0.160. The van der Waals surface area contributed by atoms with E-state index in [0.717, 1.165) is 45.2 Å². The molecule has 0 aromatic rings. The van der Waals surface area contributed by atoms with Crippen LogP contribution in [0.15, 0.2) is 0 Å². The Labute approximate surface area is 134 Å². The molecular formula is C18H31NO3. The van der Waals surface area contributed by atoms with Gasteiger partial charge in [0.2, 0.25) is 0 Å². The number of hydrogen-bond acceptors (Lipinski definition) is 4. The van der Waals surface area contributed by atoms with Gasteiger partial charge in [-0.1, -0.05) is 0 Å². The minimum Gasteiger partial charge on any atom is -0.381 e. The zero-order chi connectivity index (χ0) is 14.8. The second kappa shape index (κ2) is 7.16. The van der Waals surface area contributed by atoms with Crippen molar-refractivity contribution in [1.29, 1.82) is 0 Å². The number of rotatable bonds is 6. The second-order valence-electron chi connectivity index (χ2n) is 7.76. The Morgan fingerprint density at radius 1 is 0.864 bits per heavy atom. The summed E-state index contributed by atoms with van der Waals surface area (Å²) in [6.07, 6.45) is 9.76. The fourth-order valence-electron chi connectivity index (χ4n) is 4.35. The van der Waals surface area contributed by atoms with Gasteiger partial charge in [0.15, 0.2) is 0 Å². The van der Waals surface area contributed by atoms with E-state index >= 15 is 0 Å². The summed E-state index contributed by atoms with van der Waals surface area (Å²) in [7, 11) is 0. The molecule has 1 saturated carbocycles. The highest BCUT2D eigenvalue weighted by Gasteiger charge is 2.41. The van der Waals surface area contributed by atoms with E-state index in [0.29, 0.717) is 24.2 Å². The third-order valence-electron chi connectivity index (χ3n) is 5.94. The van der Waals surface area contributed by atoms with E-state index in [-0.39, 0.29) is 0 Å². The van der Waals surface area contributed by atoms with Crippen LogP contribution < -0.4 is 0 Å². The molecule has 0 aromatic carbocycles.